The van der Waals surface area contributed by atoms with Gasteiger partial charge in [0.25, 0.3) is 0 Å². The van der Waals surface area contributed by atoms with E-state index in [2.05, 4.69) is 15.6 Å². The number of anilines is 2. The van der Waals surface area contributed by atoms with E-state index in [1.807, 2.05) is 6.07 Å². The van der Waals surface area contributed by atoms with E-state index in [0.29, 0.717) is 42.5 Å². The zero-order valence-corrected chi connectivity index (χ0v) is 10.6. The summed E-state index contributed by atoms with van der Waals surface area (Å²) in [4.78, 5) is 15.5. The normalized spacial score (nSPS) is 13.6. The van der Waals surface area contributed by atoms with Crippen LogP contribution in [0, 0.1) is 11.3 Å². The lowest BCUT2D eigenvalue weighted by molar-refractivity contribution is -0.121. The maximum Gasteiger partial charge on any atom is 0.220 e. The number of nitrogens with one attached hydrogen (secondary N) is 2. The van der Waals surface area contributed by atoms with Gasteiger partial charge < -0.3 is 16.4 Å². The first-order valence-corrected chi connectivity index (χ1v) is 6.38. The van der Waals surface area contributed by atoms with E-state index < -0.39 is 0 Å². The summed E-state index contributed by atoms with van der Waals surface area (Å²) in [7, 11) is 0. The van der Waals surface area contributed by atoms with Gasteiger partial charge in [-0.05, 0) is 25.3 Å². The highest BCUT2D eigenvalue weighted by Crippen LogP contribution is 2.19. The fourth-order valence-corrected chi connectivity index (χ4v) is 1.69. The van der Waals surface area contributed by atoms with Gasteiger partial charge in [0.05, 0.1) is 11.3 Å². The molecule has 1 saturated carbocycles. The van der Waals surface area contributed by atoms with Crippen LogP contribution in [0.4, 0.5) is 11.5 Å². The molecular formula is C13H17N5O. The molecule has 0 atom stereocenters. The number of hydrogen-bond donors (Lipinski definition) is 3. The molecule has 1 aromatic heterocycles. The lowest BCUT2D eigenvalue weighted by Gasteiger charge is -2.08. The number of nitriles is 1. The molecule has 1 aliphatic carbocycles. The number of nitrogens with zero attached hydrogens (tertiary/aromatic N) is 2. The summed E-state index contributed by atoms with van der Waals surface area (Å²) in [6, 6.07) is 3.98. The van der Waals surface area contributed by atoms with Crippen molar-refractivity contribution in [1.82, 2.24) is 10.3 Å². The Balaban J connectivity index is 1.73. The zero-order chi connectivity index (χ0) is 13.7. The molecule has 19 heavy (non-hydrogen) atoms. The fourth-order valence-electron chi connectivity index (χ4n) is 1.69. The molecule has 1 heterocycles. The number of aromatic nitrogens is 1. The molecule has 1 aromatic rings. The second-order valence-electron chi connectivity index (χ2n) is 4.60. The van der Waals surface area contributed by atoms with E-state index in [-0.39, 0.29) is 5.91 Å². The number of pyridine rings is 1. The Hall–Kier alpha value is -2.29. The molecule has 0 radical (unpaired) electrons. The lowest BCUT2D eigenvalue weighted by atomic mass is 10.2. The highest BCUT2D eigenvalue weighted by Gasteiger charge is 2.22. The molecule has 1 amide bonds. The van der Waals surface area contributed by atoms with Crippen molar-refractivity contribution in [2.24, 2.45) is 0 Å². The molecule has 0 spiro atoms. The topological polar surface area (TPSA) is 104 Å². The summed E-state index contributed by atoms with van der Waals surface area (Å²) in [5.74, 6) is 0.595. The molecule has 0 bridgehead atoms. The number of nitrogens with two attached hydrogens (primary N) is 1. The van der Waals surface area contributed by atoms with Gasteiger partial charge in [0.15, 0.2) is 5.82 Å². The Kier molecular flexibility index (Phi) is 4.18. The van der Waals surface area contributed by atoms with Crippen LogP contribution in [0.1, 0.15) is 31.2 Å². The van der Waals surface area contributed by atoms with Gasteiger partial charge in [-0.3, -0.25) is 4.79 Å². The van der Waals surface area contributed by atoms with Gasteiger partial charge in [-0.15, -0.1) is 0 Å². The molecule has 0 unspecified atom stereocenters. The third-order valence-corrected chi connectivity index (χ3v) is 2.93. The van der Waals surface area contributed by atoms with Crippen LogP contribution in [0.15, 0.2) is 12.3 Å². The van der Waals surface area contributed by atoms with Crippen molar-refractivity contribution in [2.75, 3.05) is 17.6 Å². The number of nitrogen functional groups attached to an aromatic ring is 1. The monoisotopic (exact) mass is 259 g/mol. The molecule has 2 rings (SSSR count). The van der Waals surface area contributed by atoms with E-state index in [9.17, 15) is 4.79 Å². The van der Waals surface area contributed by atoms with Crippen molar-refractivity contribution in [1.29, 1.82) is 5.26 Å². The van der Waals surface area contributed by atoms with Crippen LogP contribution in [0.5, 0.6) is 0 Å². The van der Waals surface area contributed by atoms with E-state index in [1.165, 1.54) is 6.20 Å². The maximum absolute atomic E-state index is 11.4. The molecule has 0 aliphatic heterocycles. The van der Waals surface area contributed by atoms with Gasteiger partial charge in [0.1, 0.15) is 6.07 Å². The summed E-state index contributed by atoms with van der Waals surface area (Å²) >= 11 is 0. The van der Waals surface area contributed by atoms with Gasteiger partial charge in [0, 0.05) is 25.2 Å². The molecule has 4 N–H and O–H groups in total. The van der Waals surface area contributed by atoms with Crippen molar-refractivity contribution in [3.05, 3.63) is 17.8 Å². The lowest BCUT2D eigenvalue weighted by Crippen LogP contribution is -2.25. The molecular weight excluding hydrogens is 242 g/mol. The van der Waals surface area contributed by atoms with Gasteiger partial charge in [-0.1, -0.05) is 0 Å². The van der Waals surface area contributed by atoms with Gasteiger partial charge in [-0.25, -0.2) is 4.98 Å². The predicted octanol–water partition coefficient (Wildman–Crippen LogP) is 1.01. The van der Waals surface area contributed by atoms with Crippen molar-refractivity contribution >= 4 is 17.4 Å². The molecule has 0 saturated heterocycles. The summed E-state index contributed by atoms with van der Waals surface area (Å²) < 4.78 is 0. The van der Waals surface area contributed by atoms with Crippen LogP contribution in [0.25, 0.3) is 0 Å². The summed E-state index contributed by atoms with van der Waals surface area (Å²) in [6.07, 6.45) is 4.94. The highest BCUT2D eigenvalue weighted by atomic mass is 16.1. The second-order valence-corrected chi connectivity index (χ2v) is 4.60. The smallest absolute Gasteiger partial charge is 0.220 e. The van der Waals surface area contributed by atoms with E-state index in [1.54, 1.807) is 6.07 Å². The third-order valence-electron chi connectivity index (χ3n) is 2.93. The summed E-state index contributed by atoms with van der Waals surface area (Å²) in [6.45, 7) is 0.601. The van der Waals surface area contributed by atoms with Crippen molar-refractivity contribution < 1.29 is 4.79 Å². The van der Waals surface area contributed by atoms with Crippen LogP contribution in [-0.2, 0) is 4.79 Å². The van der Waals surface area contributed by atoms with Crippen LogP contribution in [-0.4, -0.2) is 23.5 Å². The molecule has 1 fully saturated rings. The Morgan fingerprint density at radius 2 is 2.37 bits per heavy atom. The van der Waals surface area contributed by atoms with Crippen molar-refractivity contribution in [2.45, 2.75) is 31.7 Å². The Labute approximate surface area is 112 Å². The zero-order valence-electron chi connectivity index (χ0n) is 10.6. The third kappa shape index (κ3) is 3.85. The first-order valence-electron chi connectivity index (χ1n) is 6.38. The fraction of sp³-hybridized carbons (Fsp3) is 0.462. The van der Waals surface area contributed by atoms with E-state index >= 15 is 0 Å². The van der Waals surface area contributed by atoms with E-state index in [4.69, 9.17) is 11.0 Å². The minimum atomic E-state index is 0.0935. The molecule has 100 valence electrons. The van der Waals surface area contributed by atoms with Gasteiger partial charge in [-0.2, -0.15) is 5.26 Å². The number of carbonyl (C=O) groups excluding carboxylic acids is 1. The minimum absolute atomic E-state index is 0.0935. The minimum Gasteiger partial charge on any atom is -0.395 e. The van der Waals surface area contributed by atoms with Crippen LogP contribution >= 0.6 is 0 Å². The predicted molar refractivity (Wildman–Crippen MR) is 72.3 cm³/mol. The number of carbonyl (C=O) groups is 1. The summed E-state index contributed by atoms with van der Waals surface area (Å²) in [5.41, 5.74) is 6.54. The average Bonchev–Trinajstić information content (AvgIpc) is 3.20. The van der Waals surface area contributed by atoms with E-state index in [0.717, 1.165) is 12.8 Å². The Morgan fingerprint density at radius 3 is 3.05 bits per heavy atom. The largest absolute Gasteiger partial charge is 0.395 e. The Bertz CT molecular complexity index is 504. The average molecular weight is 259 g/mol. The maximum atomic E-state index is 11.4. The first-order chi connectivity index (χ1) is 9.20. The molecule has 0 aromatic carbocycles. The molecule has 6 nitrogen and oxygen atoms in total. The standard InChI is InChI=1S/C13H17N5O/c14-8-9-5-7-17-13(12(9)15)16-6-1-2-11(19)18-10-3-4-10/h5,7,10H,1-4,6,15H2,(H,16,17)(H,18,19). The number of rotatable bonds is 6. The number of amides is 1. The number of hydrogen-bond acceptors (Lipinski definition) is 5. The van der Waals surface area contributed by atoms with Crippen molar-refractivity contribution in [3.63, 3.8) is 0 Å². The van der Waals surface area contributed by atoms with Gasteiger partial charge >= 0.3 is 0 Å². The van der Waals surface area contributed by atoms with Crippen LogP contribution < -0.4 is 16.4 Å². The highest BCUT2D eigenvalue weighted by molar-refractivity contribution is 5.76. The van der Waals surface area contributed by atoms with Gasteiger partial charge in [0.2, 0.25) is 5.91 Å². The molecule has 1 aliphatic rings. The first kappa shape index (κ1) is 13.1. The quantitative estimate of drug-likeness (QED) is 0.661. The molecule has 6 heteroatoms. The van der Waals surface area contributed by atoms with Crippen LogP contribution in [0.2, 0.25) is 0 Å². The summed E-state index contributed by atoms with van der Waals surface area (Å²) in [5, 5.41) is 14.8. The second kappa shape index (κ2) is 6.05. The van der Waals surface area contributed by atoms with Crippen molar-refractivity contribution in [3.8, 4) is 6.07 Å². The van der Waals surface area contributed by atoms with Crippen LogP contribution in [0.3, 0.4) is 0 Å². The SMILES string of the molecule is N#Cc1ccnc(NCCCC(=O)NC2CC2)c1N. The Morgan fingerprint density at radius 1 is 1.58 bits per heavy atom.